The number of hydrogen-bond donors (Lipinski definition) is 2. The number of nitrogens with one attached hydrogen (secondary N) is 1. The molecule has 0 radical (unpaired) electrons. The van der Waals surface area contributed by atoms with Crippen molar-refractivity contribution in [3.63, 3.8) is 0 Å². The lowest BCUT2D eigenvalue weighted by Gasteiger charge is -2.07. The Hall–Kier alpha value is -2.79. The van der Waals surface area contributed by atoms with Crippen LogP contribution in [-0.4, -0.2) is 18.7 Å². The maximum Gasteiger partial charge on any atom is 0.257 e. The number of pyridine rings is 1. The highest BCUT2D eigenvalue weighted by Gasteiger charge is 2.06. The Bertz CT molecular complexity index is 901. The lowest BCUT2D eigenvalue weighted by atomic mass is 10.1. The zero-order chi connectivity index (χ0) is 17.6. The van der Waals surface area contributed by atoms with Crippen molar-refractivity contribution in [1.82, 2.24) is 4.98 Å². The molecule has 1 heterocycles. The van der Waals surface area contributed by atoms with Gasteiger partial charge in [0.05, 0.1) is 19.3 Å². The Labute approximate surface area is 146 Å². The molecule has 1 aromatic heterocycles. The van der Waals surface area contributed by atoms with Crippen molar-refractivity contribution in [3.05, 3.63) is 70.0 Å². The Morgan fingerprint density at radius 1 is 1.00 bits per heavy atom. The third-order valence-corrected chi connectivity index (χ3v) is 4.11. The van der Waals surface area contributed by atoms with E-state index in [9.17, 15) is 4.79 Å². The van der Waals surface area contributed by atoms with E-state index in [0.29, 0.717) is 13.2 Å². The minimum Gasteiger partial charge on any atom is -0.497 e. The summed E-state index contributed by atoms with van der Waals surface area (Å²) in [7, 11) is 1.66. The normalized spacial score (nSPS) is 10.8. The van der Waals surface area contributed by atoms with Gasteiger partial charge in [0.15, 0.2) is 0 Å². The Morgan fingerprint density at radius 3 is 2.48 bits per heavy atom. The number of aromatic amines is 1. The van der Waals surface area contributed by atoms with Gasteiger partial charge < -0.3 is 19.8 Å². The Kier molecular flexibility index (Phi) is 5.36. The molecular formula is C20H23N2O3+. The second-order valence-corrected chi connectivity index (χ2v) is 5.85. The van der Waals surface area contributed by atoms with E-state index in [-0.39, 0.29) is 5.56 Å². The first-order valence-electron chi connectivity index (χ1n) is 8.43. The summed E-state index contributed by atoms with van der Waals surface area (Å²) < 4.78 is 10.7. The van der Waals surface area contributed by atoms with Crippen molar-refractivity contribution in [2.24, 2.45) is 0 Å². The molecule has 0 saturated carbocycles. The molecule has 0 aliphatic carbocycles. The summed E-state index contributed by atoms with van der Waals surface area (Å²) in [5.74, 6) is 1.66. The third-order valence-electron chi connectivity index (χ3n) is 4.11. The van der Waals surface area contributed by atoms with E-state index in [1.54, 1.807) is 7.11 Å². The molecule has 0 aliphatic heterocycles. The largest absolute Gasteiger partial charge is 0.497 e. The highest BCUT2D eigenvalue weighted by molar-refractivity contribution is 5.80. The molecule has 0 aliphatic rings. The smallest absolute Gasteiger partial charge is 0.257 e. The molecule has 0 atom stereocenters. The van der Waals surface area contributed by atoms with E-state index < -0.39 is 0 Å². The molecule has 2 aromatic carbocycles. The number of quaternary nitrogens is 1. The molecule has 0 amide bonds. The van der Waals surface area contributed by atoms with Crippen molar-refractivity contribution in [2.45, 2.75) is 20.0 Å². The van der Waals surface area contributed by atoms with Gasteiger partial charge in [-0.05, 0) is 55.5 Å². The van der Waals surface area contributed by atoms with Crippen LogP contribution < -0.4 is 20.3 Å². The molecule has 0 bridgehead atoms. The van der Waals surface area contributed by atoms with E-state index in [1.807, 2.05) is 55.5 Å². The van der Waals surface area contributed by atoms with Gasteiger partial charge in [0.1, 0.15) is 24.6 Å². The minimum atomic E-state index is -0.0392. The zero-order valence-electron chi connectivity index (χ0n) is 14.5. The van der Waals surface area contributed by atoms with E-state index in [2.05, 4.69) is 10.3 Å². The average molecular weight is 339 g/mol. The monoisotopic (exact) mass is 339 g/mol. The predicted molar refractivity (Wildman–Crippen MR) is 98.1 cm³/mol. The van der Waals surface area contributed by atoms with Crippen LogP contribution in [0, 0.1) is 0 Å². The molecular weight excluding hydrogens is 316 g/mol. The van der Waals surface area contributed by atoms with Crippen molar-refractivity contribution in [1.29, 1.82) is 0 Å². The van der Waals surface area contributed by atoms with Crippen LogP contribution >= 0.6 is 0 Å². The van der Waals surface area contributed by atoms with Gasteiger partial charge in [0, 0.05) is 16.5 Å². The van der Waals surface area contributed by atoms with E-state index in [4.69, 9.17) is 9.47 Å². The van der Waals surface area contributed by atoms with Crippen LogP contribution in [0.15, 0.2) is 53.3 Å². The number of ether oxygens (including phenoxy) is 2. The summed E-state index contributed by atoms with van der Waals surface area (Å²) in [5, 5.41) is 3.10. The molecule has 5 nitrogen and oxygen atoms in total. The average Bonchev–Trinajstić information content (AvgIpc) is 2.63. The Morgan fingerprint density at radius 2 is 1.76 bits per heavy atom. The number of nitrogens with two attached hydrogens (primary N) is 1. The number of aromatic nitrogens is 1. The van der Waals surface area contributed by atoms with Crippen LogP contribution in [0.5, 0.6) is 11.5 Å². The number of H-pyrrole nitrogens is 1. The zero-order valence-corrected chi connectivity index (χ0v) is 14.5. The van der Waals surface area contributed by atoms with Gasteiger partial charge in [-0.1, -0.05) is 0 Å². The van der Waals surface area contributed by atoms with Gasteiger partial charge in [0.25, 0.3) is 5.56 Å². The van der Waals surface area contributed by atoms with Crippen molar-refractivity contribution in [3.8, 4) is 11.5 Å². The quantitative estimate of drug-likeness (QED) is 0.693. The molecule has 5 heteroatoms. The van der Waals surface area contributed by atoms with E-state index in [0.717, 1.165) is 34.5 Å². The standard InChI is InChI=1S/C20H22N2O3/c1-3-25-18-8-9-19-15(11-18)10-16(20(23)22-19)13-21-12-14-4-6-17(24-2)7-5-14/h4-11,21H,3,12-13H2,1-2H3,(H,22,23)/p+1. The second kappa shape index (κ2) is 7.85. The van der Waals surface area contributed by atoms with Gasteiger partial charge >= 0.3 is 0 Å². The summed E-state index contributed by atoms with van der Waals surface area (Å²) in [6.45, 7) is 4.00. The van der Waals surface area contributed by atoms with Crippen molar-refractivity contribution < 1.29 is 14.8 Å². The van der Waals surface area contributed by atoms with Crippen LogP contribution in [0.3, 0.4) is 0 Å². The van der Waals surface area contributed by atoms with Gasteiger partial charge in [-0.25, -0.2) is 0 Å². The van der Waals surface area contributed by atoms with Gasteiger partial charge in [0.2, 0.25) is 0 Å². The fourth-order valence-corrected chi connectivity index (χ4v) is 2.79. The molecule has 3 aromatic rings. The molecule has 3 N–H and O–H groups in total. The maximum absolute atomic E-state index is 12.2. The fourth-order valence-electron chi connectivity index (χ4n) is 2.79. The van der Waals surface area contributed by atoms with E-state index >= 15 is 0 Å². The highest BCUT2D eigenvalue weighted by Crippen LogP contribution is 2.19. The topological polar surface area (TPSA) is 67.9 Å². The molecule has 130 valence electrons. The Balaban J connectivity index is 1.71. The summed E-state index contributed by atoms with van der Waals surface area (Å²) in [5.41, 5.74) is 2.74. The SMILES string of the molecule is CCOc1ccc2[nH]c(=O)c(C[NH2+]Cc3ccc(OC)cc3)cc2c1. The first-order valence-corrected chi connectivity index (χ1v) is 8.43. The number of rotatable bonds is 7. The van der Waals surface area contributed by atoms with Crippen molar-refractivity contribution >= 4 is 10.9 Å². The van der Waals surface area contributed by atoms with Crippen LogP contribution in [-0.2, 0) is 13.1 Å². The molecule has 0 unspecified atom stereocenters. The molecule has 0 spiro atoms. The predicted octanol–water partition coefficient (Wildman–Crippen LogP) is 2.20. The van der Waals surface area contributed by atoms with Gasteiger partial charge in [-0.2, -0.15) is 0 Å². The van der Waals surface area contributed by atoms with Crippen LogP contribution in [0.25, 0.3) is 10.9 Å². The fraction of sp³-hybridized carbons (Fsp3) is 0.250. The molecule has 25 heavy (non-hydrogen) atoms. The lowest BCUT2D eigenvalue weighted by molar-refractivity contribution is -0.686. The van der Waals surface area contributed by atoms with Crippen LogP contribution in [0.4, 0.5) is 0 Å². The lowest BCUT2D eigenvalue weighted by Crippen LogP contribution is -2.81. The summed E-state index contributed by atoms with van der Waals surface area (Å²) in [6.07, 6.45) is 0. The van der Waals surface area contributed by atoms with Gasteiger partial charge in [-0.3, -0.25) is 4.79 Å². The van der Waals surface area contributed by atoms with Gasteiger partial charge in [-0.15, -0.1) is 0 Å². The minimum absolute atomic E-state index is 0.0392. The van der Waals surface area contributed by atoms with Crippen LogP contribution in [0.1, 0.15) is 18.1 Å². The highest BCUT2D eigenvalue weighted by atomic mass is 16.5. The number of benzene rings is 2. The first kappa shape index (κ1) is 17.0. The maximum atomic E-state index is 12.2. The summed E-state index contributed by atoms with van der Waals surface area (Å²) >= 11 is 0. The van der Waals surface area contributed by atoms with E-state index in [1.165, 1.54) is 5.56 Å². The van der Waals surface area contributed by atoms with Crippen molar-refractivity contribution in [2.75, 3.05) is 13.7 Å². The van der Waals surface area contributed by atoms with Crippen LogP contribution in [0.2, 0.25) is 0 Å². The number of methoxy groups -OCH3 is 1. The first-order chi connectivity index (χ1) is 12.2. The summed E-state index contributed by atoms with van der Waals surface area (Å²) in [6, 6.07) is 15.6. The third kappa shape index (κ3) is 4.19. The second-order valence-electron chi connectivity index (χ2n) is 5.85. The molecule has 0 saturated heterocycles. The number of hydrogen-bond acceptors (Lipinski definition) is 3. The molecule has 0 fully saturated rings. The number of fused-ring (bicyclic) bond motifs is 1. The molecule has 3 rings (SSSR count). The summed E-state index contributed by atoms with van der Waals surface area (Å²) in [4.78, 5) is 15.2.